The molecule has 0 saturated heterocycles. The lowest BCUT2D eigenvalue weighted by molar-refractivity contribution is 0.0673. The molecule has 8 nitrogen and oxygen atoms in total. The Labute approximate surface area is 211 Å². The number of rotatable bonds is 9. The van der Waals surface area contributed by atoms with Crippen molar-refractivity contribution in [2.24, 2.45) is 11.1 Å². The Bertz CT molecular complexity index is 1200. The molecule has 1 aliphatic rings. The fraction of sp³-hybridized carbons (Fsp3) is 0.286. The van der Waals surface area contributed by atoms with Crippen molar-refractivity contribution >= 4 is 17.7 Å². The molecule has 4 rings (SSSR count). The van der Waals surface area contributed by atoms with E-state index < -0.39 is 6.09 Å². The zero-order valence-electron chi connectivity index (χ0n) is 20.5. The molecule has 0 radical (unpaired) electrons. The second kappa shape index (κ2) is 11.1. The summed E-state index contributed by atoms with van der Waals surface area (Å²) in [6.45, 7) is 5.70. The number of nitrogens with zero attached hydrogens (tertiary/aromatic N) is 1. The van der Waals surface area contributed by atoms with E-state index in [0.29, 0.717) is 42.4 Å². The highest BCUT2D eigenvalue weighted by molar-refractivity contribution is 5.95. The summed E-state index contributed by atoms with van der Waals surface area (Å²) in [5.41, 5.74) is 8.65. The molecule has 2 amide bonds. The number of carbonyl (C=O) groups excluding carboxylic acids is 2. The minimum Gasteiger partial charge on any atom is -0.454 e. The first-order chi connectivity index (χ1) is 17.3. The van der Waals surface area contributed by atoms with E-state index >= 15 is 0 Å². The van der Waals surface area contributed by atoms with Crippen LogP contribution in [0.1, 0.15) is 35.3 Å². The van der Waals surface area contributed by atoms with Crippen LogP contribution >= 0.6 is 0 Å². The van der Waals surface area contributed by atoms with Gasteiger partial charge < -0.3 is 24.8 Å². The van der Waals surface area contributed by atoms with Crippen LogP contribution in [-0.4, -0.2) is 36.8 Å². The minimum absolute atomic E-state index is 0.124. The summed E-state index contributed by atoms with van der Waals surface area (Å²) in [4.78, 5) is 27.4. The Kier molecular flexibility index (Phi) is 7.75. The summed E-state index contributed by atoms with van der Waals surface area (Å²) >= 11 is 0. The van der Waals surface area contributed by atoms with E-state index in [0.717, 1.165) is 11.1 Å². The van der Waals surface area contributed by atoms with E-state index in [1.165, 1.54) is 0 Å². The van der Waals surface area contributed by atoms with E-state index in [-0.39, 0.29) is 24.7 Å². The highest BCUT2D eigenvalue weighted by Gasteiger charge is 2.26. The fourth-order valence-electron chi connectivity index (χ4n) is 3.78. The molecule has 0 saturated carbocycles. The molecule has 3 aromatic rings. The molecule has 1 aliphatic heterocycles. The zero-order chi connectivity index (χ0) is 25.5. The number of hydrogen-bond donors (Lipinski definition) is 2. The number of nitrogens with one attached hydrogen (secondary N) is 1. The van der Waals surface area contributed by atoms with Crippen LogP contribution in [0.25, 0.3) is 0 Å². The summed E-state index contributed by atoms with van der Waals surface area (Å²) in [6.07, 6.45) is -0.532. The van der Waals surface area contributed by atoms with Crippen LogP contribution in [0.3, 0.4) is 0 Å². The molecule has 0 unspecified atom stereocenters. The summed E-state index contributed by atoms with van der Waals surface area (Å²) in [5.74, 6) is 1.07. The maximum Gasteiger partial charge on any atom is 0.411 e. The van der Waals surface area contributed by atoms with Crippen LogP contribution in [0, 0.1) is 5.41 Å². The van der Waals surface area contributed by atoms with Crippen LogP contribution in [0.5, 0.6) is 11.5 Å². The lowest BCUT2D eigenvalue weighted by Crippen LogP contribution is -2.41. The van der Waals surface area contributed by atoms with Gasteiger partial charge in [0, 0.05) is 24.3 Å². The van der Waals surface area contributed by atoms with Crippen molar-refractivity contribution in [3.63, 3.8) is 0 Å². The smallest absolute Gasteiger partial charge is 0.411 e. The first kappa shape index (κ1) is 25.1. The van der Waals surface area contributed by atoms with E-state index in [4.69, 9.17) is 19.9 Å². The molecular formula is C28H31N3O5. The van der Waals surface area contributed by atoms with Gasteiger partial charge in [0.25, 0.3) is 5.91 Å². The number of ether oxygens (including phenoxy) is 3. The molecule has 3 N–H and O–H groups in total. The van der Waals surface area contributed by atoms with E-state index in [2.05, 4.69) is 5.32 Å². The van der Waals surface area contributed by atoms with E-state index in [9.17, 15) is 9.59 Å². The SMILES string of the molecule is CC(C)(CN)CN(Cc1ccc(NC(=O)OCc2ccccc2)cc1)C(=O)c1ccc2c(c1)OCO2. The second-order valence-corrected chi connectivity index (χ2v) is 9.48. The Hall–Kier alpha value is -4.04. The Balaban J connectivity index is 1.41. The molecule has 0 aromatic heterocycles. The van der Waals surface area contributed by atoms with Gasteiger partial charge in [0.2, 0.25) is 6.79 Å². The Morgan fingerprint density at radius 3 is 2.42 bits per heavy atom. The van der Waals surface area contributed by atoms with Crippen LogP contribution in [0.4, 0.5) is 10.5 Å². The quantitative estimate of drug-likeness (QED) is 0.448. The lowest BCUT2D eigenvalue weighted by atomic mass is 9.92. The normalized spacial score (nSPS) is 12.2. The first-order valence-electron chi connectivity index (χ1n) is 11.8. The number of nitrogens with two attached hydrogens (primary N) is 1. The van der Waals surface area contributed by atoms with Crippen LogP contribution in [-0.2, 0) is 17.9 Å². The molecular weight excluding hydrogens is 458 g/mol. The van der Waals surface area contributed by atoms with Crippen molar-refractivity contribution in [3.8, 4) is 11.5 Å². The zero-order valence-corrected chi connectivity index (χ0v) is 20.5. The van der Waals surface area contributed by atoms with Gasteiger partial charge in [0.1, 0.15) is 6.61 Å². The standard InChI is InChI=1S/C28H31N3O5/c1-28(2,17-29)18-31(26(32)22-10-13-24-25(14-22)36-19-35-24)15-20-8-11-23(12-9-20)30-27(33)34-16-21-6-4-3-5-7-21/h3-14H,15-19,29H2,1-2H3,(H,30,33). The maximum atomic E-state index is 13.5. The number of benzene rings is 3. The van der Waals surface area contributed by atoms with Crippen molar-refractivity contribution < 1.29 is 23.8 Å². The largest absolute Gasteiger partial charge is 0.454 e. The fourth-order valence-corrected chi connectivity index (χ4v) is 3.78. The lowest BCUT2D eigenvalue weighted by Gasteiger charge is -2.32. The highest BCUT2D eigenvalue weighted by atomic mass is 16.7. The Morgan fingerprint density at radius 1 is 0.972 bits per heavy atom. The van der Waals surface area contributed by atoms with Crippen molar-refractivity contribution in [1.29, 1.82) is 0 Å². The van der Waals surface area contributed by atoms with E-state index in [1.54, 1.807) is 35.2 Å². The third kappa shape index (κ3) is 6.55. The summed E-state index contributed by atoms with van der Waals surface area (Å²) in [5, 5.41) is 2.73. The topological polar surface area (TPSA) is 103 Å². The van der Waals surface area contributed by atoms with Gasteiger partial charge in [-0.15, -0.1) is 0 Å². The van der Waals surface area contributed by atoms with Gasteiger partial charge in [-0.3, -0.25) is 10.1 Å². The molecule has 1 heterocycles. The second-order valence-electron chi connectivity index (χ2n) is 9.48. The Morgan fingerprint density at radius 2 is 1.69 bits per heavy atom. The molecule has 36 heavy (non-hydrogen) atoms. The monoisotopic (exact) mass is 489 g/mol. The van der Waals surface area contributed by atoms with Crippen LogP contribution in [0.2, 0.25) is 0 Å². The van der Waals surface area contributed by atoms with Crippen molar-refractivity contribution in [2.75, 3.05) is 25.2 Å². The third-order valence-corrected chi connectivity index (χ3v) is 5.86. The molecule has 8 heteroatoms. The number of hydrogen-bond acceptors (Lipinski definition) is 6. The molecule has 3 aromatic carbocycles. The highest BCUT2D eigenvalue weighted by Crippen LogP contribution is 2.33. The van der Waals surface area contributed by atoms with Gasteiger partial charge in [0.05, 0.1) is 0 Å². The number of carbonyl (C=O) groups is 2. The first-order valence-corrected chi connectivity index (χ1v) is 11.8. The van der Waals surface area contributed by atoms with Gasteiger partial charge >= 0.3 is 6.09 Å². The predicted molar refractivity (Wildman–Crippen MR) is 137 cm³/mol. The molecule has 0 spiro atoms. The summed E-state index contributed by atoms with van der Waals surface area (Å²) in [6, 6.07) is 22.0. The van der Waals surface area contributed by atoms with Gasteiger partial charge in [-0.1, -0.05) is 56.3 Å². The molecule has 0 fully saturated rings. The van der Waals surface area contributed by atoms with Crippen LogP contribution < -0.4 is 20.5 Å². The maximum absolute atomic E-state index is 13.5. The van der Waals surface area contributed by atoms with Gasteiger partial charge in [-0.2, -0.15) is 0 Å². The van der Waals surface area contributed by atoms with Gasteiger partial charge in [-0.05, 0) is 53.4 Å². The van der Waals surface area contributed by atoms with E-state index in [1.807, 2.05) is 56.3 Å². The number of amides is 2. The van der Waals surface area contributed by atoms with Crippen LogP contribution in [0.15, 0.2) is 72.8 Å². The van der Waals surface area contributed by atoms with Crippen molar-refractivity contribution in [1.82, 2.24) is 4.90 Å². The molecule has 0 bridgehead atoms. The average Bonchev–Trinajstić information content (AvgIpc) is 3.36. The van der Waals surface area contributed by atoms with Gasteiger partial charge in [0.15, 0.2) is 11.5 Å². The third-order valence-electron chi connectivity index (χ3n) is 5.86. The summed E-state index contributed by atoms with van der Waals surface area (Å²) in [7, 11) is 0. The number of anilines is 1. The predicted octanol–water partition coefficient (Wildman–Crippen LogP) is 4.79. The minimum atomic E-state index is -0.532. The van der Waals surface area contributed by atoms with Crippen molar-refractivity contribution in [3.05, 3.63) is 89.5 Å². The number of fused-ring (bicyclic) bond motifs is 1. The molecule has 0 atom stereocenters. The average molecular weight is 490 g/mol. The van der Waals surface area contributed by atoms with Gasteiger partial charge in [-0.25, -0.2) is 4.79 Å². The molecule has 0 aliphatic carbocycles. The van der Waals surface area contributed by atoms with Crippen molar-refractivity contribution in [2.45, 2.75) is 27.0 Å². The molecule has 188 valence electrons. The summed E-state index contributed by atoms with van der Waals surface area (Å²) < 4.78 is 16.1.